The molecule has 0 aliphatic rings. The summed E-state index contributed by atoms with van der Waals surface area (Å²) < 4.78 is 23.7. The number of furan rings is 1. The second-order valence-electron chi connectivity index (χ2n) is 6.50. The number of hydrogen-bond acceptors (Lipinski definition) is 5. The molecule has 0 radical (unpaired) electrons. The first-order valence-electron chi connectivity index (χ1n) is 8.90. The number of carbonyl (C=O) groups excluding carboxylic acids is 3. The Bertz CT molecular complexity index is 891. The molecule has 1 amide bonds. The van der Waals surface area contributed by atoms with Gasteiger partial charge in [-0.1, -0.05) is 12.1 Å². The third-order valence-corrected chi connectivity index (χ3v) is 4.03. The van der Waals surface area contributed by atoms with Crippen molar-refractivity contribution in [2.75, 3.05) is 25.5 Å². The van der Waals surface area contributed by atoms with E-state index < -0.39 is 11.9 Å². The average molecular weight is 391 g/mol. The highest BCUT2D eigenvalue weighted by molar-refractivity contribution is 6.10. The van der Waals surface area contributed by atoms with E-state index in [2.05, 4.69) is 5.32 Å². The van der Waals surface area contributed by atoms with Crippen LogP contribution >= 0.6 is 0 Å². The van der Waals surface area contributed by atoms with Gasteiger partial charge in [0, 0.05) is 5.56 Å². The van der Waals surface area contributed by atoms with Gasteiger partial charge in [0.1, 0.15) is 23.7 Å². The molecule has 1 aromatic heterocycles. The Morgan fingerprint density at radius 1 is 1.25 bits per heavy atom. The van der Waals surface area contributed by atoms with Crippen LogP contribution in [0.5, 0.6) is 0 Å². The second-order valence-corrected chi connectivity index (χ2v) is 6.50. The summed E-state index contributed by atoms with van der Waals surface area (Å²) in [6.45, 7) is 5.09. The number of quaternary nitrogens is 1. The number of halogens is 1. The van der Waals surface area contributed by atoms with E-state index in [-0.39, 0.29) is 47.5 Å². The van der Waals surface area contributed by atoms with E-state index >= 15 is 0 Å². The number of rotatable bonds is 8. The third-order valence-electron chi connectivity index (χ3n) is 4.03. The molecule has 2 aromatic rings. The van der Waals surface area contributed by atoms with Crippen LogP contribution in [-0.4, -0.2) is 37.9 Å². The molecular formula is C20H24FN2O5+. The van der Waals surface area contributed by atoms with Gasteiger partial charge in [-0.25, -0.2) is 9.18 Å². The van der Waals surface area contributed by atoms with Gasteiger partial charge in [0.25, 0.3) is 5.91 Å². The Morgan fingerprint density at radius 3 is 2.57 bits per heavy atom. The number of nitrogens with one attached hydrogen (secondary N) is 2. The highest BCUT2D eigenvalue weighted by atomic mass is 19.1. The van der Waals surface area contributed by atoms with Crippen LogP contribution in [0.2, 0.25) is 0 Å². The Morgan fingerprint density at radius 2 is 1.96 bits per heavy atom. The standard InChI is InChI=1S/C20H23FN2O5/c1-5-27-20(26)18-17(12(2)24)13(3)28-19(18)22-16(25)11-23(4)10-14-7-6-8-15(21)9-14/h6-9H,5,10-11H2,1-4H3,(H,22,25)/p+1. The maximum atomic E-state index is 13.3. The number of amides is 1. The van der Waals surface area contributed by atoms with Crippen LogP contribution in [0.25, 0.3) is 0 Å². The van der Waals surface area contributed by atoms with Crippen molar-refractivity contribution < 1.29 is 32.8 Å². The van der Waals surface area contributed by atoms with Crippen molar-refractivity contribution in [3.63, 3.8) is 0 Å². The number of benzene rings is 1. The molecule has 0 spiro atoms. The van der Waals surface area contributed by atoms with Crippen LogP contribution in [0.15, 0.2) is 28.7 Å². The smallest absolute Gasteiger partial charge is 0.344 e. The molecule has 2 N–H and O–H groups in total. The molecule has 1 unspecified atom stereocenters. The molecule has 1 heterocycles. The van der Waals surface area contributed by atoms with Crippen LogP contribution < -0.4 is 10.2 Å². The monoisotopic (exact) mass is 391 g/mol. The summed E-state index contributed by atoms with van der Waals surface area (Å²) in [5, 5.41) is 2.54. The summed E-state index contributed by atoms with van der Waals surface area (Å²) in [4.78, 5) is 37.3. The van der Waals surface area contributed by atoms with E-state index in [1.54, 1.807) is 26.1 Å². The van der Waals surface area contributed by atoms with E-state index in [1.807, 2.05) is 0 Å². The van der Waals surface area contributed by atoms with Crippen molar-refractivity contribution in [1.29, 1.82) is 0 Å². The van der Waals surface area contributed by atoms with Crippen molar-refractivity contribution in [3.05, 3.63) is 52.5 Å². The second kappa shape index (κ2) is 9.27. The fourth-order valence-electron chi connectivity index (χ4n) is 2.96. The van der Waals surface area contributed by atoms with Gasteiger partial charge in [0.15, 0.2) is 12.3 Å². The number of ether oxygens (including phenoxy) is 1. The zero-order chi connectivity index (χ0) is 20.8. The quantitative estimate of drug-likeness (QED) is 0.529. The lowest BCUT2D eigenvalue weighted by Crippen LogP contribution is -3.08. The molecule has 0 aliphatic heterocycles. The zero-order valence-electron chi connectivity index (χ0n) is 16.3. The Kier molecular flexibility index (Phi) is 7.06. The molecule has 0 saturated carbocycles. The first kappa shape index (κ1) is 21.3. The van der Waals surface area contributed by atoms with Gasteiger partial charge in [-0.05, 0) is 32.9 Å². The number of esters is 1. The van der Waals surface area contributed by atoms with Gasteiger partial charge in [0.05, 0.1) is 19.2 Å². The van der Waals surface area contributed by atoms with Crippen molar-refractivity contribution in [2.24, 2.45) is 0 Å². The number of Topliss-reactive ketones (excluding diaryl/α,β-unsaturated/α-hetero) is 1. The Hall–Kier alpha value is -3.00. The molecule has 150 valence electrons. The van der Waals surface area contributed by atoms with Crippen LogP contribution in [0.1, 0.15) is 45.9 Å². The summed E-state index contributed by atoms with van der Waals surface area (Å²) >= 11 is 0. The lowest BCUT2D eigenvalue weighted by atomic mass is 10.1. The molecule has 0 aliphatic carbocycles. The summed E-state index contributed by atoms with van der Waals surface area (Å²) in [6, 6.07) is 6.15. The van der Waals surface area contributed by atoms with Crippen molar-refractivity contribution >= 4 is 23.5 Å². The van der Waals surface area contributed by atoms with Crippen LogP contribution in [-0.2, 0) is 16.1 Å². The largest absolute Gasteiger partial charge is 0.462 e. The van der Waals surface area contributed by atoms with Gasteiger partial charge in [-0.2, -0.15) is 0 Å². The molecule has 0 bridgehead atoms. The molecule has 28 heavy (non-hydrogen) atoms. The van der Waals surface area contributed by atoms with E-state index in [0.29, 0.717) is 6.54 Å². The minimum atomic E-state index is -0.736. The first-order chi connectivity index (χ1) is 13.2. The third kappa shape index (κ3) is 5.26. The SMILES string of the molecule is CCOC(=O)c1c(NC(=O)C[NH+](C)Cc2cccc(F)c2)oc(C)c1C(C)=O. The molecule has 1 aromatic carbocycles. The molecule has 1 atom stereocenters. The maximum Gasteiger partial charge on any atom is 0.344 e. The number of likely N-dealkylation sites (N-methyl/N-ethyl adjacent to an activating group) is 1. The minimum absolute atomic E-state index is 0.0495. The van der Waals surface area contributed by atoms with E-state index in [0.717, 1.165) is 10.5 Å². The van der Waals surface area contributed by atoms with Crippen molar-refractivity contribution in [1.82, 2.24) is 0 Å². The number of aryl methyl sites for hydroxylation is 1. The number of carbonyl (C=O) groups is 3. The first-order valence-corrected chi connectivity index (χ1v) is 8.90. The van der Waals surface area contributed by atoms with E-state index in [9.17, 15) is 18.8 Å². The lowest BCUT2D eigenvalue weighted by Gasteiger charge is -2.13. The van der Waals surface area contributed by atoms with Gasteiger partial charge >= 0.3 is 5.97 Å². The van der Waals surface area contributed by atoms with Crippen LogP contribution in [0, 0.1) is 12.7 Å². The van der Waals surface area contributed by atoms with Crippen LogP contribution in [0.3, 0.4) is 0 Å². The lowest BCUT2D eigenvalue weighted by molar-refractivity contribution is -0.885. The summed E-state index contributed by atoms with van der Waals surface area (Å²) in [6.07, 6.45) is 0. The van der Waals surface area contributed by atoms with Gasteiger partial charge < -0.3 is 14.1 Å². The average Bonchev–Trinajstić information content (AvgIpc) is 2.90. The summed E-state index contributed by atoms with van der Waals surface area (Å²) in [5.74, 6) is -1.73. The number of hydrogen-bond donors (Lipinski definition) is 2. The molecule has 7 nitrogen and oxygen atoms in total. The molecule has 8 heteroatoms. The highest BCUT2D eigenvalue weighted by Crippen LogP contribution is 2.28. The van der Waals surface area contributed by atoms with Crippen LogP contribution in [0.4, 0.5) is 10.3 Å². The Balaban J connectivity index is 2.13. The predicted octanol–water partition coefficient (Wildman–Crippen LogP) is 1.76. The highest BCUT2D eigenvalue weighted by Gasteiger charge is 2.29. The molecular weight excluding hydrogens is 367 g/mol. The number of anilines is 1. The fraction of sp³-hybridized carbons (Fsp3) is 0.350. The summed E-state index contributed by atoms with van der Waals surface area (Å²) in [5.41, 5.74) is 0.766. The molecule has 2 rings (SSSR count). The molecule has 0 saturated heterocycles. The topological polar surface area (TPSA) is 90.0 Å². The van der Waals surface area contributed by atoms with E-state index in [4.69, 9.17) is 9.15 Å². The normalized spacial score (nSPS) is 11.8. The maximum absolute atomic E-state index is 13.3. The van der Waals surface area contributed by atoms with Crippen molar-refractivity contribution in [2.45, 2.75) is 27.3 Å². The molecule has 0 fully saturated rings. The Labute approximate surface area is 162 Å². The zero-order valence-corrected chi connectivity index (χ0v) is 16.3. The predicted molar refractivity (Wildman–Crippen MR) is 99.9 cm³/mol. The summed E-state index contributed by atoms with van der Waals surface area (Å²) in [7, 11) is 1.78. The minimum Gasteiger partial charge on any atom is -0.462 e. The van der Waals surface area contributed by atoms with Gasteiger partial charge in [-0.3, -0.25) is 14.9 Å². The van der Waals surface area contributed by atoms with Crippen molar-refractivity contribution in [3.8, 4) is 0 Å². The van der Waals surface area contributed by atoms with Gasteiger partial charge in [0.2, 0.25) is 5.88 Å². The van der Waals surface area contributed by atoms with E-state index in [1.165, 1.54) is 26.0 Å². The fourth-order valence-corrected chi connectivity index (χ4v) is 2.96. The van der Waals surface area contributed by atoms with Gasteiger partial charge in [-0.15, -0.1) is 0 Å². The number of ketones is 1.